The predicted molar refractivity (Wildman–Crippen MR) is 21.9 cm³/mol. The molecule has 4 heavy (non-hydrogen) atoms. The Kier molecular flexibility index (Phi) is 103. The van der Waals surface area contributed by atoms with Gasteiger partial charge in [0.15, 0.2) is 0 Å². The number of hydrogen-bond donors (Lipinski definition) is 0. The topological polar surface area (TPSA) is 0 Å². The van der Waals surface area contributed by atoms with Gasteiger partial charge in [0.25, 0.3) is 0 Å². The van der Waals surface area contributed by atoms with Gasteiger partial charge in [-0.15, -0.1) is 0 Å². The van der Waals surface area contributed by atoms with Gasteiger partial charge in [0.05, 0.1) is 0 Å². The van der Waals surface area contributed by atoms with Crippen LogP contribution in [-0.2, 0) is 27.3 Å². The fourth-order valence-corrected chi connectivity index (χ4v) is 0. The first-order chi connectivity index (χ1) is 0. The third-order valence-corrected chi connectivity index (χ3v) is 0. The van der Waals surface area contributed by atoms with E-state index >= 15 is 0 Å². The van der Waals surface area contributed by atoms with Gasteiger partial charge in [-0.05, 0) is 0 Å². The quantitative estimate of drug-likeness (QED) is 0.522. The Labute approximate surface area is 117 Å². The van der Waals surface area contributed by atoms with E-state index in [4.69, 9.17) is 0 Å². The van der Waals surface area contributed by atoms with Crippen molar-refractivity contribution >= 4 is 93.4 Å². The molecule has 0 aromatic rings. The van der Waals surface area contributed by atoms with Gasteiger partial charge in [-0.1, -0.05) is 0 Å². The van der Waals surface area contributed by atoms with E-state index in [0.717, 1.165) is 0 Å². The fourth-order valence-electron chi connectivity index (χ4n) is 0. The van der Waals surface area contributed by atoms with Crippen LogP contribution in [0.1, 0.15) is 0 Å². The Morgan fingerprint density at radius 2 is 1.00 bits per heavy atom. The Balaban J connectivity index is 0. The van der Waals surface area contributed by atoms with Gasteiger partial charge in [0.2, 0.25) is 0 Å². The van der Waals surface area contributed by atoms with E-state index in [2.05, 4.69) is 0 Å². The van der Waals surface area contributed by atoms with Crippen LogP contribution in [0.15, 0.2) is 0 Å². The summed E-state index contributed by atoms with van der Waals surface area (Å²) in [6, 6.07) is 0. The van der Waals surface area contributed by atoms with E-state index in [1.807, 2.05) is 0 Å². The van der Waals surface area contributed by atoms with Crippen LogP contribution in [0.3, 0.4) is 0 Å². The van der Waals surface area contributed by atoms with Crippen molar-refractivity contribution in [3.8, 4) is 0 Å². The number of rotatable bonds is 0. The van der Waals surface area contributed by atoms with E-state index in [-0.39, 0.29) is 121 Å². The molecule has 0 heterocycles. The van der Waals surface area contributed by atoms with Crippen LogP contribution in [0.4, 0.5) is 0 Å². The van der Waals surface area contributed by atoms with Gasteiger partial charge in [-0.2, -0.15) is 13.5 Å². The van der Waals surface area contributed by atoms with Crippen molar-refractivity contribution in [3.05, 3.63) is 0 Å². The van der Waals surface area contributed by atoms with Crippen molar-refractivity contribution in [2.75, 3.05) is 0 Å². The normalized spacial score (nSPS) is 0. The van der Waals surface area contributed by atoms with Gasteiger partial charge < -0.3 is 0 Å². The second-order valence-corrected chi connectivity index (χ2v) is 0. The molecule has 5 radical (unpaired) electrons. The molecular weight excluding hydrogens is 305 g/mol. The predicted octanol–water partition coefficient (Wildman–Crippen LogP) is -0.651. The molecule has 0 aliphatic carbocycles. The molecule has 0 nitrogen and oxygen atoms in total. The van der Waals surface area contributed by atoms with E-state index in [0.29, 0.717) is 0 Å². The molecule has 0 aromatic carbocycles. The summed E-state index contributed by atoms with van der Waals surface area (Å²) in [5.74, 6) is 0. The first-order valence-corrected chi connectivity index (χ1v) is 0. The standard InChI is InChI=1S/Cd.Cs.H2S.Si/h;;1H2;. The summed E-state index contributed by atoms with van der Waals surface area (Å²) in [7, 11) is 0. The zero-order chi connectivity index (χ0) is 0. The van der Waals surface area contributed by atoms with Gasteiger partial charge in [0, 0.05) is 107 Å². The minimum atomic E-state index is 0. The first kappa shape index (κ1) is 25.7. The SMILES string of the molecule is S.[Cd].[Cs].[Si]. The Bertz CT molecular complexity index is 8.00. The van der Waals surface area contributed by atoms with Crippen LogP contribution in [0.5, 0.6) is 0 Å². The minimum Gasteiger partial charge on any atom is -0.197 e. The Hall–Kier alpha value is 3.54. The Morgan fingerprint density at radius 3 is 1.00 bits per heavy atom. The van der Waals surface area contributed by atoms with Gasteiger partial charge in [-0.3, -0.25) is 0 Å². The summed E-state index contributed by atoms with van der Waals surface area (Å²) in [6.07, 6.45) is 0. The molecule has 0 spiro atoms. The summed E-state index contributed by atoms with van der Waals surface area (Å²) >= 11 is 0. The van der Waals surface area contributed by atoms with Gasteiger partial charge in [0.1, 0.15) is 0 Å². The summed E-state index contributed by atoms with van der Waals surface area (Å²) in [4.78, 5) is 0. The molecule has 0 saturated carbocycles. The van der Waals surface area contributed by atoms with Crippen LogP contribution >= 0.6 is 13.5 Å². The van der Waals surface area contributed by atoms with Crippen molar-refractivity contribution in [1.29, 1.82) is 0 Å². The molecule has 0 N–H and O–H groups in total. The van der Waals surface area contributed by atoms with Crippen molar-refractivity contribution in [1.82, 2.24) is 0 Å². The summed E-state index contributed by atoms with van der Waals surface area (Å²) < 4.78 is 0. The maximum atomic E-state index is 0. The molecule has 0 bridgehead atoms. The summed E-state index contributed by atoms with van der Waals surface area (Å²) in [5, 5.41) is 0. The second kappa shape index (κ2) is 16.0. The Morgan fingerprint density at radius 1 is 1.00 bits per heavy atom. The smallest absolute Gasteiger partial charge is 0 e. The largest absolute Gasteiger partial charge is 0.197 e. The van der Waals surface area contributed by atoms with Crippen LogP contribution in [-0.4, -0.2) is 79.9 Å². The fraction of sp³-hybridized carbons (Fsp3) is 0. The van der Waals surface area contributed by atoms with Crippen LogP contribution < -0.4 is 0 Å². The molecule has 0 aromatic heterocycles. The molecule has 0 amide bonds. The van der Waals surface area contributed by atoms with Crippen LogP contribution in [0, 0.1) is 0 Å². The minimum absolute atomic E-state index is 0. The van der Waals surface area contributed by atoms with Gasteiger partial charge in [-0.25, -0.2) is 0 Å². The van der Waals surface area contributed by atoms with E-state index in [1.54, 1.807) is 0 Å². The van der Waals surface area contributed by atoms with Crippen molar-refractivity contribution in [2.45, 2.75) is 0 Å². The van der Waals surface area contributed by atoms with Gasteiger partial charge >= 0.3 is 0 Å². The third kappa shape index (κ3) is 9.11. The van der Waals surface area contributed by atoms with E-state index in [1.165, 1.54) is 0 Å². The average molecular weight is 307 g/mol. The molecule has 0 atom stereocenters. The monoisotopic (exact) mass is 309 g/mol. The molecule has 0 unspecified atom stereocenters. The van der Waals surface area contributed by atoms with Crippen LogP contribution in [0.25, 0.3) is 0 Å². The molecule has 15 valence electrons. The van der Waals surface area contributed by atoms with Crippen molar-refractivity contribution in [3.63, 3.8) is 0 Å². The summed E-state index contributed by atoms with van der Waals surface area (Å²) in [6.45, 7) is 0. The zero-order valence-corrected chi connectivity index (χ0v) is 15.0. The van der Waals surface area contributed by atoms with E-state index in [9.17, 15) is 0 Å². The maximum Gasteiger partial charge on any atom is 0 e. The molecule has 0 rings (SSSR count). The molecular formula is H2CdCsSSi. The maximum absolute atomic E-state index is 0. The van der Waals surface area contributed by atoms with E-state index < -0.39 is 0 Å². The zero-order valence-electron chi connectivity index (χ0n) is 2.71. The molecule has 4 heteroatoms. The number of hydrogen-bond acceptors (Lipinski definition) is 0. The summed E-state index contributed by atoms with van der Waals surface area (Å²) in [5.41, 5.74) is 0. The van der Waals surface area contributed by atoms with Crippen molar-refractivity contribution in [2.24, 2.45) is 0 Å². The first-order valence-electron chi connectivity index (χ1n) is 0. The molecule has 0 fully saturated rings. The van der Waals surface area contributed by atoms with Crippen molar-refractivity contribution < 1.29 is 27.3 Å². The average Bonchev–Trinajstić information content (AvgIpc) is 0. The molecule has 0 aliphatic heterocycles. The molecule has 0 saturated heterocycles. The molecule has 0 aliphatic rings. The second-order valence-electron chi connectivity index (χ2n) is 0. The van der Waals surface area contributed by atoms with Crippen LogP contribution in [0.2, 0.25) is 0 Å². The third-order valence-electron chi connectivity index (χ3n) is 0.